The molecule has 3 rings (SSSR count). The monoisotopic (exact) mass is 436 g/mol. The molecule has 0 atom stereocenters. The lowest BCUT2D eigenvalue weighted by molar-refractivity contribution is -0.128. The summed E-state index contributed by atoms with van der Waals surface area (Å²) in [5.74, 6) is -0.280. The quantitative estimate of drug-likeness (QED) is 0.549. The van der Waals surface area contributed by atoms with Crippen molar-refractivity contribution < 1.29 is 13.2 Å². The Hall–Kier alpha value is -3.12. The minimum Gasteiger partial charge on any atom is -0.340 e. The van der Waals surface area contributed by atoms with E-state index in [4.69, 9.17) is 0 Å². The maximum absolute atomic E-state index is 13.5. The summed E-state index contributed by atoms with van der Waals surface area (Å²) in [5, 5.41) is 0. The largest absolute Gasteiger partial charge is 0.340 e. The number of rotatable bonds is 7. The Labute approximate surface area is 185 Å². The molecule has 0 aromatic heterocycles. The molecule has 0 aliphatic rings. The lowest BCUT2D eigenvalue weighted by Crippen LogP contribution is -2.41. The molecular formula is C25H28N2O3S. The van der Waals surface area contributed by atoms with E-state index in [2.05, 4.69) is 0 Å². The van der Waals surface area contributed by atoms with Crippen molar-refractivity contribution in [2.45, 2.75) is 32.2 Å². The van der Waals surface area contributed by atoms with Gasteiger partial charge in [0.1, 0.15) is 6.54 Å². The Kier molecular flexibility index (Phi) is 6.81. The highest BCUT2D eigenvalue weighted by molar-refractivity contribution is 7.92. The maximum atomic E-state index is 13.5. The molecule has 0 N–H and O–H groups in total. The van der Waals surface area contributed by atoms with Crippen LogP contribution in [0.4, 0.5) is 5.69 Å². The molecule has 1 amide bonds. The number of sulfonamides is 1. The van der Waals surface area contributed by atoms with E-state index in [0.29, 0.717) is 12.2 Å². The van der Waals surface area contributed by atoms with Crippen LogP contribution in [0.15, 0.2) is 77.7 Å². The number of hydrogen-bond donors (Lipinski definition) is 0. The van der Waals surface area contributed by atoms with Crippen LogP contribution < -0.4 is 4.31 Å². The summed E-state index contributed by atoms with van der Waals surface area (Å²) < 4.78 is 28.2. The molecular weight excluding hydrogens is 408 g/mol. The van der Waals surface area contributed by atoms with Crippen LogP contribution in [0.3, 0.4) is 0 Å². The number of anilines is 1. The van der Waals surface area contributed by atoms with Crippen LogP contribution in [-0.4, -0.2) is 32.8 Å². The minimum absolute atomic E-state index is 0.162. The second-order valence-electron chi connectivity index (χ2n) is 7.83. The molecule has 0 fully saturated rings. The van der Waals surface area contributed by atoms with Crippen LogP contribution in [0, 0.1) is 20.8 Å². The van der Waals surface area contributed by atoms with Gasteiger partial charge in [-0.2, -0.15) is 0 Å². The molecule has 0 unspecified atom stereocenters. The number of nitrogens with zero attached hydrogens (tertiary/aromatic N) is 2. The lowest BCUT2D eigenvalue weighted by Gasteiger charge is -2.27. The zero-order valence-electron chi connectivity index (χ0n) is 18.4. The summed E-state index contributed by atoms with van der Waals surface area (Å²) in [5.41, 5.74) is 4.45. The third-order valence-corrected chi connectivity index (χ3v) is 7.14. The minimum atomic E-state index is -3.92. The van der Waals surface area contributed by atoms with Crippen molar-refractivity contribution in [2.24, 2.45) is 0 Å². The molecule has 6 heteroatoms. The molecule has 0 spiro atoms. The molecule has 0 bridgehead atoms. The topological polar surface area (TPSA) is 57.7 Å². The van der Waals surface area contributed by atoms with Gasteiger partial charge in [0.2, 0.25) is 5.91 Å². The molecule has 5 nitrogen and oxygen atoms in total. The fraction of sp³-hybridized carbons (Fsp3) is 0.240. The molecule has 0 saturated carbocycles. The Morgan fingerprint density at radius 1 is 0.839 bits per heavy atom. The van der Waals surface area contributed by atoms with Crippen molar-refractivity contribution in [3.05, 3.63) is 95.1 Å². The van der Waals surface area contributed by atoms with E-state index in [-0.39, 0.29) is 17.3 Å². The number of benzene rings is 3. The Morgan fingerprint density at radius 3 is 2.10 bits per heavy atom. The van der Waals surface area contributed by atoms with Gasteiger partial charge in [-0.05, 0) is 61.7 Å². The van der Waals surface area contributed by atoms with Gasteiger partial charge in [0, 0.05) is 13.6 Å². The van der Waals surface area contributed by atoms with Gasteiger partial charge in [0.05, 0.1) is 10.6 Å². The first kappa shape index (κ1) is 22.6. The first-order valence-electron chi connectivity index (χ1n) is 10.1. The fourth-order valence-corrected chi connectivity index (χ4v) is 4.63. The Bertz CT molecular complexity index is 1160. The van der Waals surface area contributed by atoms with Crippen molar-refractivity contribution >= 4 is 21.6 Å². The summed E-state index contributed by atoms with van der Waals surface area (Å²) in [6.07, 6.45) is 0. The van der Waals surface area contributed by atoms with Gasteiger partial charge in [-0.15, -0.1) is 0 Å². The van der Waals surface area contributed by atoms with Crippen LogP contribution in [-0.2, 0) is 21.4 Å². The van der Waals surface area contributed by atoms with E-state index in [1.54, 1.807) is 42.3 Å². The van der Waals surface area contributed by atoms with Crippen LogP contribution in [0.5, 0.6) is 0 Å². The molecule has 0 heterocycles. The number of amides is 1. The van der Waals surface area contributed by atoms with Gasteiger partial charge in [-0.1, -0.05) is 54.1 Å². The second kappa shape index (κ2) is 9.35. The zero-order valence-corrected chi connectivity index (χ0v) is 19.2. The number of carbonyl (C=O) groups excluding carboxylic acids is 1. The summed E-state index contributed by atoms with van der Waals surface area (Å²) in [6.45, 7) is 5.93. The summed E-state index contributed by atoms with van der Waals surface area (Å²) in [7, 11) is -2.23. The lowest BCUT2D eigenvalue weighted by atomic mass is 10.1. The third kappa shape index (κ3) is 5.33. The zero-order chi connectivity index (χ0) is 22.6. The summed E-state index contributed by atoms with van der Waals surface area (Å²) >= 11 is 0. The van der Waals surface area contributed by atoms with Gasteiger partial charge >= 0.3 is 0 Å². The van der Waals surface area contributed by atoms with Gasteiger partial charge in [-0.3, -0.25) is 9.10 Å². The highest BCUT2D eigenvalue weighted by atomic mass is 32.2. The van der Waals surface area contributed by atoms with Crippen LogP contribution in [0.2, 0.25) is 0 Å². The first-order chi connectivity index (χ1) is 14.7. The number of aryl methyl sites for hydroxylation is 3. The van der Waals surface area contributed by atoms with Crippen molar-refractivity contribution in [2.75, 3.05) is 17.9 Å². The molecule has 162 valence electrons. The van der Waals surface area contributed by atoms with E-state index in [1.165, 1.54) is 4.31 Å². The van der Waals surface area contributed by atoms with Crippen molar-refractivity contribution in [3.63, 3.8) is 0 Å². The predicted octanol–water partition coefficient (Wildman–Crippen LogP) is 4.47. The molecule has 3 aromatic rings. The number of hydrogen-bond acceptors (Lipinski definition) is 3. The van der Waals surface area contributed by atoms with E-state index in [1.807, 2.05) is 63.2 Å². The van der Waals surface area contributed by atoms with Crippen molar-refractivity contribution in [1.29, 1.82) is 0 Å². The average molecular weight is 437 g/mol. The standard InChI is InChI=1S/C25H28N2O3S/c1-19-10-14-24(15-11-19)31(29,30)27(23-13-12-20(2)21(3)16-23)18-25(28)26(4)17-22-8-6-5-7-9-22/h5-16H,17-18H2,1-4H3. The van der Waals surface area contributed by atoms with E-state index < -0.39 is 10.0 Å². The number of carbonyl (C=O) groups is 1. The first-order valence-corrected chi connectivity index (χ1v) is 11.6. The smallest absolute Gasteiger partial charge is 0.264 e. The van der Waals surface area contributed by atoms with Crippen LogP contribution in [0.1, 0.15) is 22.3 Å². The molecule has 3 aromatic carbocycles. The Morgan fingerprint density at radius 2 is 1.48 bits per heavy atom. The van der Waals surface area contributed by atoms with Crippen LogP contribution in [0.25, 0.3) is 0 Å². The molecule has 0 aliphatic carbocycles. The molecule has 0 radical (unpaired) electrons. The average Bonchev–Trinajstić information content (AvgIpc) is 2.74. The highest BCUT2D eigenvalue weighted by Crippen LogP contribution is 2.26. The van der Waals surface area contributed by atoms with Gasteiger partial charge in [-0.25, -0.2) is 8.42 Å². The van der Waals surface area contributed by atoms with Gasteiger partial charge < -0.3 is 4.90 Å². The normalized spacial score (nSPS) is 11.2. The number of likely N-dealkylation sites (N-methyl/N-ethyl adjacent to an activating group) is 1. The predicted molar refractivity (Wildman–Crippen MR) is 125 cm³/mol. The summed E-state index contributed by atoms with van der Waals surface area (Å²) in [4.78, 5) is 14.7. The van der Waals surface area contributed by atoms with Crippen molar-refractivity contribution in [3.8, 4) is 0 Å². The van der Waals surface area contributed by atoms with E-state index in [0.717, 1.165) is 22.3 Å². The maximum Gasteiger partial charge on any atom is 0.264 e. The van der Waals surface area contributed by atoms with E-state index >= 15 is 0 Å². The SMILES string of the molecule is Cc1ccc(S(=O)(=O)N(CC(=O)N(C)Cc2ccccc2)c2ccc(C)c(C)c2)cc1. The second-order valence-corrected chi connectivity index (χ2v) is 9.69. The third-order valence-electron chi connectivity index (χ3n) is 5.35. The molecule has 0 aliphatic heterocycles. The van der Waals surface area contributed by atoms with E-state index in [9.17, 15) is 13.2 Å². The van der Waals surface area contributed by atoms with Gasteiger partial charge in [0.15, 0.2) is 0 Å². The molecule has 0 saturated heterocycles. The van der Waals surface area contributed by atoms with Crippen LogP contribution >= 0.6 is 0 Å². The van der Waals surface area contributed by atoms with Gasteiger partial charge in [0.25, 0.3) is 10.0 Å². The molecule has 31 heavy (non-hydrogen) atoms. The Balaban J connectivity index is 1.94. The highest BCUT2D eigenvalue weighted by Gasteiger charge is 2.28. The fourth-order valence-electron chi connectivity index (χ4n) is 3.22. The van der Waals surface area contributed by atoms with Crippen molar-refractivity contribution in [1.82, 2.24) is 4.90 Å². The summed E-state index contributed by atoms with van der Waals surface area (Å²) in [6, 6.07) is 21.7.